The molecule has 7 nitrogen and oxygen atoms in total. The van der Waals surface area contributed by atoms with E-state index in [1.54, 1.807) is 17.2 Å². The zero-order valence-corrected chi connectivity index (χ0v) is 11.0. The molecule has 1 aliphatic heterocycles. The smallest absolute Gasteiger partial charge is 0.226 e. The molecule has 2 aromatic heterocycles. The Bertz CT molecular complexity index is 774. The van der Waals surface area contributed by atoms with Crippen LogP contribution in [-0.2, 0) is 4.79 Å². The van der Waals surface area contributed by atoms with E-state index < -0.39 is 0 Å². The number of amides is 1. The number of rotatable bonds is 2. The maximum atomic E-state index is 11.8. The number of nitrogens with one attached hydrogen (secondary N) is 2. The molecule has 0 spiro atoms. The molecule has 7 heteroatoms. The standard InChI is InChI=1S/C14H12N6O/c21-13-5-11(12-6-16-19-14(12)18-13)9-1-3-10(4-2-9)20-8-15-7-17-20/h1-4,6-8,11H,5H2,(H2,16,18,19,21)/t11-/m0/s1. The van der Waals surface area contributed by atoms with Crippen molar-refractivity contribution in [1.29, 1.82) is 0 Å². The summed E-state index contributed by atoms with van der Waals surface area (Å²) in [5, 5.41) is 13.7. The largest absolute Gasteiger partial charge is 0.311 e. The number of aromatic amines is 1. The normalized spacial score (nSPS) is 17.3. The first-order valence-electron chi connectivity index (χ1n) is 6.59. The van der Waals surface area contributed by atoms with Crippen LogP contribution in [0.3, 0.4) is 0 Å². The van der Waals surface area contributed by atoms with Gasteiger partial charge in [-0.25, -0.2) is 9.67 Å². The fraction of sp³-hybridized carbons (Fsp3) is 0.143. The van der Waals surface area contributed by atoms with Crippen LogP contribution < -0.4 is 5.32 Å². The Kier molecular flexibility index (Phi) is 2.56. The summed E-state index contributed by atoms with van der Waals surface area (Å²) < 4.78 is 1.70. The van der Waals surface area contributed by atoms with Crippen LogP contribution in [0.1, 0.15) is 23.5 Å². The molecule has 1 atom stereocenters. The van der Waals surface area contributed by atoms with Gasteiger partial charge in [-0.1, -0.05) is 12.1 Å². The number of carbonyl (C=O) groups is 1. The molecule has 3 aromatic rings. The monoisotopic (exact) mass is 280 g/mol. The number of anilines is 1. The van der Waals surface area contributed by atoms with Crippen molar-refractivity contribution in [2.75, 3.05) is 5.32 Å². The second kappa shape index (κ2) is 4.55. The van der Waals surface area contributed by atoms with Gasteiger partial charge in [-0.3, -0.25) is 9.89 Å². The van der Waals surface area contributed by atoms with Gasteiger partial charge in [-0.15, -0.1) is 0 Å². The molecule has 0 radical (unpaired) electrons. The van der Waals surface area contributed by atoms with Crippen LogP contribution >= 0.6 is 0 Å². The van der Waals surface area contributed by atoms with Crippen molar-refractivity contribution in [2.45, 2.75) is 12.3 Å². The summed E-state index contributed by atoms with van der Waals surface area (Å²) in [6.07, 6.45) is 5.34. The quantitative estimate of drug-likeness (QED) is 0.744. The lowest BCUT2D eigenvalue weighted by Gasteiger charge is -2.22. The first-order valence-corrected chi connectivity index (χ1v) is 6.59. The maximum absolute atomic E-state index is 11.8. The van der Waals surface area contributed by atoms with E-state index in [-0.39, 0.29) is 11.8 Å². The Morgan fingerprint density at radius 1 is 1.24 bits per heavy atom. The average molecular weight is 280 g/mol. The lowest BCUT2D eigenvalue weighted by molar-refractivity contribution is -0.116. The third-order valence-corrected chi connectivity index (χ3v) is 3.68. The van der Waals surface area contributed by atoms with Gasteiger partial charge < -0.3 is 5.32 Å². The van der Waals surface area contributed by atoms with Crippen molar-refractivity contribution in [2.24, 2.45) is 0 Å². The fourth-order valence-electron chi connectivity index (χ4n) is 2.64. The Hall–Kier alpha value is -2.96. The first kappa shape index (κ1) is 11.8. The third kappa shape index (κ3) is 1.99. The Morgan fingerprint density at radius 2 is 2.10 bits per heavy atom. The number of nitrogens with zero attached hydrogens (tertiary/aromatic N) is 4. The van der Waals surface area contributed by atoms with Crippen molar-refractivity contribution >= 4 is 11.7 Å². The summed E-state index contributed by atoms with van der Waals surface area (Å²) in [5.41, 5.74) is 3.03. The molecule has 3 heterocycles. The zero-order valence-electron chi connectivity index (χ0n) is 11.0. The molecule has 0 saturated heterocycles. The summed E-state index contributed by atoms with van der Waals surface area (Å²) in [4.78, 5) is 15.7. The summed E-state index contributed by atoms with van der Waals surface area (Å²) in [6, 6.07) is 7.96. The van der Waals surface area contributed by atoms with Gasteiger partial charge in [-0.2, -0.15) is 10.2 Å². The minimum atomic E-state index is -0.00268. The number of carbonyl (C=O) groups excluding carboxylic acids is 1. The number of fused-ring (bicyclic) bond motifs is 1. The van der Waals surface area contributed by atoms with Gasteiger partial charge in [0.2, 0.25) is 5.91 Å². The highest BCUT2D eigenvalue weighted by molar-refractivity contribution is 5.94. The van der Waals surface area contributed by atoms with Gasteiger partial charge >= 0.3 is 0 Å². The molecule has 0 saturated carbocycles. The molecule has 0 aliphatic carbocycles. The van der Waals surface area contributed by atoms with E-state index in [1.807, 2.05) is 24.3 Å². The van der Waals surface area contributed by atoms with Crippen LogP contribution in [0, 0.1) is 0 Å². The van der Waals surface area contributed by atoms with E-state index >= 15 is 0 Å². The minimum absolute atomic E-state index is 0.00268. The number of hydrogen-bond acceptors (Lipinski definition) is 4. The molecule has 1 aromatic carbocycles. The van der Waals surface area contributed by atoms with Crippen molar-refractivity contribution in [3.05, 3.63) is 54.2 Å². The SMILES string of the molecule is O=C1C[C@@H](c2ccc(-n3cncn3)cc2)c2cn[nH]c2N1. The van der Waals surface area contributed by atoms with Crippen molar-refractivity contribution in [1.82, 2.24) is 25.0 Å². The second-order valence-corrected chi connectivity index (χ2v) is 4.94. The van der Waals surface area contributed by atoms with Crippen molar-refractivity contribution < 1.29 is 4.79 Å². The average Bonchev–Trinajstić information content (AvgIpc) is 3.17. The van der Waals surface area contributed by atoms with Crippen LogP contribution in [-0.4, -0.2) is 30.9 Å². The van der Waals surface area contributed by atoms with E-state index in [0.29, 0.717) is 12.2 Å². The molecule has 2 N–H and O–H groups in total. The summed E-state index contributed by atoms with van der Waals surface area (Å²) >= 11 is 0. The predicted octanol–water partition coefficient (Wildman–Crippen LogP) is 1.46. The molecule has 0 bridgehead atoms. The van der Waals surface area contributed by atoms with Crippen LogP contribution in [0.4, 0.5) is 5.82 Å². The van der Waals surface area contributed by atoms with Gasteiger partial charge in [-0.05, 0) is 17.7 Å². The Morgan fingerprint density at radius 3 is 2.86 bits per heavy atom. The highest BCUT2D eigenvalue weighted by Gasteiger charge is 2.27. The van der Waals surface area contributed by atoms with Crippen molar-refractivity contribution in [3.63, 3.8) is 0 Å². The molecule has 21 heavy (non-hydrogen) atoms. The molecule has 104 valence electrons. The fourth-order valence-corrected chi connectivity index (χ4v) is 2.64. The summed E-state index contributed by atoms with van der Waals surface area (Å²) in [6.45, 7) is 0. The van der Waals surface area contributed by atoms with Crippen LogP contribution in [0.2, 0.25) is 0 Å². The molecular formula is C14H12N6O. The van der Waals surface area contributed by atoms with E-state index in [9.17, 15) is 4.79 Å². The number of hydrogen-bond donors (Lipinski definition) is 2. The number of aromatic nitrogens is 5. The van der Waals surface area contributed by atoms with Crippen LogP contribution in [0.25, 0.3) is 5.69 Å². The first-order chi connectivity index (χ1) is 10.3. The number of H-pyrrole nitrogens is 1. The lowest BCUT2D eigenvalue weighted by atomic mass is 9.87. The van der Waals surface area contributed by atoms with Gasteiger partial charge in [0, 0.05) is 17.9 Å². The second-order valence-electron chi connectivity index (χ2n) is 4.94. The van der Waals surface area contributed by atoms with Crippen LogP contribution in [0.5, 0.6) is 0 Å². The van der Waals surface area contributed by atoms with Gasteiger partial charge in [0.1, 0.15) is 18.5 Å². The van der Waals surface area contributed by atoms with E-state index in [0.717, 1.165) is 16.8 Å². The van der Waals surface area contributed by atoms with Crippen LogP contribution in [0.15, 0.2) is 43.1 Å². The molecule has 0 unspecified atom stereocenters. The molecular weight excluding hydrogens is 268 g/mol. The zero-order chi connectivity index (χ0) is 14.2. The topological polar surface area (TPSA) is 88.5 Å². The summed E-state index contributed by atoms with van der Waals surface area (Å²) in [5.74, 6) is 0.714. The van der Waals surface area contributed by atoms with E-state index in [4.69, 9.17) is 0 Å². The van der Waals surface area contributed by atoms with Crippen molar-refractivity contribution in [3.8, 4) is 5.69 Å². The highest BCUT2D eigenvalue weighted by Crippen LogP contribution is 2.35. The molecule has 0 fully saturated rings. The van der Waals surface area contributed by atoms with E-state index in [2.05, 4.69) is 25.6 Å². The molecule has 1 amide bonds. The van der Waals surface area contributed by atoms with Gasteiger partial charge in [0.25, 0.3) is 0 Å². The highest BCUT2D eigenvalue weighted by atomic mass is 16.1. The molecule has 4 rings (SSSR count). The van der Waals surface area contributed by atoms with Gasteiger partial charge in [0.15, 0.2) is 0 Å². The number of benzene rings is 1. The Balaban J connectivity index is 1.70. The van der Waals surface area contributed by atoms with Gasteiger partial charge in [0.05, 0.1) is 11.9 Å². The lowest BCUT2D eigenvalue weighted by Crippen LogP contribution is -2.22. The van der Waals surface area contributed by atoms with E-state index in [1.165, 1.54) is 6.33 Å². The maximum Gasteiger partial charge on any atom is 0.226 e. The Labute approximate surface area is 120 Å². The third-order valence-electron chi connectivity index (χ3n) is 3.68. The predicted molar refractivity (Wildman–Crippen MR) is 75.0 cm³/mol. The molecule has 1 aliphatic rings. The minimum Gasteiger partial charge on any atom is -0.311 e. The summed E-state index contributed by atoms with van der Waals surface area (Å²) in [7, 11) is 0.